The second-order valence-electron chi connectivity index (χ2n) is 6.21. The van der Waals surface area contributed by atoms with Crippen molar-refractivity contribution < 1.29 is 0 Å². The van der Waals surface area contributed by atoms with E-state index in [-0.39, 0.29) is 0 Å². The van der Waals surface area contributed by atoms with Crippen molar-refractivity contribution in [2.75, 3.05) is 17.2 Å². The van der Waals surface area contributed by atoms with Gasteiger partial charge in [0.05, 0.1) is 0 Å². The van der Waals surface area contributed by atoms with Gasteiger partial charge in [-0.15, -0.1) is 0 Å². The maximum atomic E-state index is 4.56. The Morgan fingerprint density at radius 2 is 1.96 bits per heavy atom. The second kappa shape index (κ2) is 8.43. The molecular formula is C19H25N5. The zero-order valence-electron chi connectivity index (χ0n) is 14.3. The van der Waals surface area contributed by atoms with Gasteiger partial charge in [-0.25, -0.2) is 4.98 Å². The quantitative estimate of drug-likeness (QED) is 0.751. The molecule has 0 fully saturated rings. The van der Waals surface area contributed by atoms with E-state index in [2.05, 4.69) is 31.7 Å². The van der Waals surface area contributed by atoms with Crippen LogP contribution < -0.4 is 10.6 Å². The highest BCUT2D eigenvalue weighted by Crippen LogP contribution is 2.20. The van der Waals surface area contributed by atoms with Crippen LogP contribution in [0.1, 0.15) is 43.4 Å². The summed E-state index contributed by atoms with van der Waals surface area (Å²) in [6, 6.07) is 5.96. The Labute approximate surface area is 143 Å². The maximum Gasteiger partial charge on any atom is 0.224 e. The average Bonchev–Trinajstić information content (AvgIpc) is 2.61. The van der Waals surface area contributed by atoms with Gasteiger partial charge >= 0.3 is 0 Å². The minimum absolute atomic E-state index is 0.698. The first-order chi connectivity index (χ1) is 11.8. The SMILES string of the molecule is Cc1cc(NCc2ccncc2)nc(NCCC2=CCCCC2)n1. The standard InChI is InChI=1S/C19H25N5/c1-15-13-18(22-14-17-7-10-20-11-8-17)24-19(23-15)21-12-9-16-5-3-2-4-6-16/h5,7-8,10-11,13H,2-4,6,9,12,14H2,1H3,(H2,21,22,23,24). The molecule has 2 aromatic heterocycles. The van der Waals surface area contributed by atoms with E-state index in [4.69, 9.17) is 0 Å². The predicted molar refractivity (Wildman–Crippen MR) is 98.0 cm³/mol. The summed E-state index contributed by atoms with van der Waals surface area (Å²) in [5.41, 5.74) is 3.71. The monoisotopic (exact) mass is 323 g/mol. The van der Waals surface area contributed by atoms with Gasteiger partial charge in [0.15, 0.2) is 0 Å². The number of allylic oxidation sites excluding steroid dienone is 1. The first-order valence-corrected chi connectivity index (χ1v) is 8.70. The summed E-state index contributed by atoms with van der Waals surface area (Å²) in [5.74, 6) is 1.54. The minimum atomic E-state index is 0.698. The summed E-state index contributed by atoms with van der Waals surface area (Å²) in [6.45, 7) is 3.61. The van der Waals surface area contributed by atoms with Crippen molar-refractivity contribution in [1.29, 1.82) is 0 Å². The summed E-state index contributed by atoms with van der Waals surface area (Å²) in [6.07, 6.45) is 12.2. The van der Waals surface area contributed by atoms with Crippen LogP contribution in [0.4, 0.5) is 11.8 Å². The van der Waals surface area contributed by atoms with Crippen LogP contribution in [-0.2, 0) is 6.54 Å². The fraction of sp³-hybridized carbons (Fsp3) is 0.421. The summed E-state index contributed by atoms with van der Waals surface area (Å²) in [4.78, 5) is 13.1. The summed E-state index contributed by atoms with van der Waals surface area (Å²) >= 11 is 0. The van der Waals surface area contributed by atoms with E-state index < -0.39 is 0 Å². The van der Waals surface area contributed by atoms with Crippen molar-refractivity contribution in [3.63, 3.8) is 0 Å². The van der Waals surface area contributed by atoms with Crippen LogP contribution >= 0.6 is 0 Å². The zero-order chi connectivity index (χ0) is 16.6. The van der Waals surface area contributed by atoms with E-state index in [1.54, 1.807) is 18.0 Å². The number of aromatic nitrogens is 3. The van der Waals surface area contributed by atoms with E-state index >= 15 is 0 Å². The van der Waals surface area contributed by atoms with Crippen molar-refractivity contribution in [1.82, 2.24) is 15.0 Å². The lowest BCUT2D eigenvalue weighted by Gasteiger charge is -2.13. The summed E-state index contributed by atoms with van der Waals surface area (Å²) in [7, 11) is 0. The molecule has 0 bridgehead atoms. The first-order valence-electron chi connectivity index (χ1n) is 8.70. The van der Waals surface area contributed by atoms with Gasteiger partial charge in [-0.05, 0) is 56.7 Å². The number of nitrogens with zero attached hydrogens (tertiary/aromatic N) is 3. The molecule has 1 aliphatic rings. The molecule has 0 saturated carbocycles. The molecule has 0 aromatic carbocycles. The number of rotatable bonds is 7. The van der Waals surface area contributed by atoms with Crippen LogP contribution in [0.15, 0.2) is 42.2 Å². The van der Waals surface area contributed by atoms with Crippen LogP contribution in [-0.4, -0.2) is 21.5 Å². The Morgan fingerprint density at radius 1 is 1.08 bits per heavy atom. The fourth-order valence-corrected chi connectivity index (χ4v) is 2.90. The van der Waals surface area contributed by atoms with Gasteiger partial charge in [-0.3, -0.25) is 4.98 Å². The molecule has 5 heteroatoms. The Kier molecular flexibility index (Phi) is 5.77. The van der Waals surface area contributed by atoms with Gasteiger partial charge < -0.3 is 10.6 Å². The van der Waals surface area contributed by atoms with Gasteiger partial charge in [-0.2, -0.15) is 4.98 Å². The van der Waals surface area contributed by atoms with Gasteiger partial charge in [-0.1, -0.05) is 11.6 Å². The van der Waals surface area contributed by atoms with Gasteiger partial charge in [0.25, 0.3) is 0 Å². The molecule has 0 atom stereocenters. The van der Waals surface area contributed by atoms with Crippen LogP contribution in [0.2, 0.25) is 0 Å². The molecule has 0 aliphatic heterocycles. The molecule has 0 radical (unpaired) electrons. The lowest BCUT2D eigenvalue weighted by atomic mass is 9.97. The average molecular weight is 323 g/mol. The number of pyridine rings is 1. The minimum Gasteiger partial charge on any atom is -0.366 e. The molecule has 2 heterocycles. The molecule has 24 heavy (non-hydrogen) atoms. The lowest BCUT2D eigenvalue weighted by molar-refractivity contribution is 0.679. The number of aryl methyl sites for hydroxylation is 1. The molecule has 2 aromatic rings. The van der Waals surface area contributed by atoms with Gasteiger partial charge in [0.1, 0.15) is 5.82 Å². The van der Waals surface area contributed by atoms with Crippen molar-refractivity contribution in [2.24, 2.45) is 0 Å². The normalized spacial score (nSPS) is 14.1. The van der Waals surface area contributed by atoms with Crippen molar-refractivity contribution in [3.05, 3.63) is 53.5 Å². The third kappa shape index (κ3) is 5.05. The third-order valence-corrected chi connectivity index (χ3v) is 4.19. The van der Waals surface area contributed by atoms with Crippen molar-refractivity contribution in [3.8, 4) is 0 Å². The van der Waals surface area contributed by atoms with Gasteiger partial charge in [0, 0.05) is 37.2 Å². The highest BCUT2D eigenvalue weighted by Gasteiger charge is 2.05. The Hall–Kier alpha value is -2.43. The smallest absolute Gasteiger partial charge is 0.224 e. The van der Waals surface area contributed by atoms with E-state index in [9.17, 15) is 0 Å². The predicted octanol–water partition coefficient (Wildman–Crippen LogP) is 4.09. The number of hydrogen-bond acceptors (Lipinski definition) is 5. The Balaban J connectivity index is 1.54. The van der Waals surface area contributed by atoms with E-state index in [0.717, 1.165) is 31.0 Å². The molecule has 0 spiro atoms. The van der Waals surface area contributed by atoms with Crippen molar-refractivity contribution in [2.45, 2.75) is 45.6 Å². The molecule has 3 rings (SSSR count). The highest BCUT2D eigenvalue weighted by atomic mass is 15.1. The molecule has 5 nitrogen and oxygen atoms in total. The van der Waals surface area contributed by atoms with Crippen LogP contribution in [0, 0.1) is 6.92 Å². The molecule has 1 aliphatic carbocycles. The molecule has 0 amide bonds. The van der Waals surface area contributed by atoms with Gasteiger partial charge in [0.2, 0.25) is 5.95 Å². The van der Waals surface area contributed by atoms with Crippen molar-refractivity contribution >= 4 is 11.8 Å². The van der Waals surface area contributed by atoms with E-state index in [0.29, 0.717) is 5.95 Å². The zero-order valence-corrected chi connectivity index (χ0v) is 14.3. The number of nitrogens with one attached hydrogen (secondary N) is 2. The summed E-state index contributed by atoms with van der Waals surface area (Å²) < 4.78 is 0. The Morgan fingerprint density at radius 3 is 2.75 bits per heavy atom. The van der Waals surface area contributed by atoms with E-state index in [1.165, 1.54) is 31.2 Å². The summed E-state index contributed by atoms with van der Waals surface area (Å²) in [5, 5.41) is 6.71. The van der Waals surface area contributed by atoms with Crippen LogP contribution in [0.5, 0.6) is 0 Å². The van der Waals surface area contributed by atoms with E-state index in [1.807, 2.05) is 25.1 Å². The molecule has 0 saturated heterocycles. The lowest BCUT2D eigenvalue weighted by Crippen LogP contribution is -2.10. The van der Waals surface area contributed by atoms with Crippen LogP contribution in [0.25, 0.3) is 0 Å². The number of anilines is 2. The topological polar surface area (TPSA) is 62.7 Å². The second-order valence-corrected chi connectivity index (χ2v) is 6.21. The molecular weight excluding hydrogens is 298 g/mol. The third-order valence-electron chi connectivity index (χ3n) is 4.19. The molecule has 126 valence electrons. The number of hydrogen-bond donors (Lipinski definition) is 2. The Bertz CT molecular complexity index is 681. The van der Waals surface area contributed by atoms with Crippen LogP contribution in [0.3, 0.4) is 0 Å². The largest absolute Gasteiger partial charge is 0.366 e. The fourth-order valence-electron chi connectivity index (χ4n) is 2.90. The molecule has 2 N–H and O–H groups in total. The molecule has 0 unspecified atom stereocenters. The highest BCUT2D eigenvalue weighted by molar-refractivity contribution is 5.42. The first kappa shape index (κ1) is 16.4. The maximum absolute atomic E-state index is 4.56.